The molecule has 0 saturated heterocycles. The fourth-order valence-electron chi connectivity index (χ4n) is 1.10. The van der Waals surface area contributed by atoms with Gasteiger partial charge in [0, 0.05) is 5.56 Å². The highest BCUT2D eigenvalue weighted by molar-refractivity contribution is 5.80. The Hall–Kier alpha value is -1.97. The number of hydrogen-bond donors (Lipinski definition) is 1. The molecule has 15 heavy (non-hydrogen) atoms. The lowest BCUT2D eigenvalue weighted by atomic mass is 10.2. The van der Waals surface area contributed by atoms with Crippen LogP contribution in [0.4, 0.5) is 0 Å². The molecule has 80 valence electrons. The molecule has 0 bridgehead atoms. The first-order chi connectivity index (χ1) is 7.31. The van der Waals surface area contributed by atoms with E-state index in [0.717, 1.165) is 5.56 Å². The quantitative estimate of drug-likeness (QED) is 0.348. The van der Waals surface area contributed by atoms with Crippen LogP contribution in [0.1, 0.15) is 5.56 Å². The van der Waals surface area contributed by atoms with E-state index in [1.165, 1.54) is 6.21 Å². The second kappa shape index (κ2) is 5.70. The highest BCUT2D eigenvalue weighted by Crippen LogP contribution is 2.27. The average molecular weight is 207 g/mol. The van der Waals surface area contributed by atoms with Crippen LogP contribution in [0.3, 0.4) is 0 Å². The highest BCUT2D eigenvalue weighted by atomic mass is 16.5. The maximum atomic E-state index is 8.38. The number of oxime groups is 1. The molecule has 0 radical (unpaired) electrons. The molecule has 4 heteroatoms. The van der Waals surface area contributed by atoms with Crippen LogP contribution in [0, 0.1) is 0 Å². The van der Waals surface area contributed by atoms with Crippen molar-refractivity contribution in [1.29, 1.82) is 0 Å². The van der Waals surface area contributed by atoms with Gasteiger partial charge >= 0.3 is 0 Å². The maximum absolute atomic E-state index is 8.38. The number of nitrogens with zero attached hydrogens (tertiary/aromatic N) is 1. The Kier molecular flexibility index (Phi) is 4.22. The van der Waals surface area contributed by atoms with E-state index in [1.807, 2.05) is 0 Å². The number of rotatable bonds is 5. The van der Waals surface area contributed by atoms with Gasteiger partial charge in [0.15, 0.2) is 11.5 Å². The van der Waals surface area contributed by atoms with Crippen LogP contribution >= 0.6 is 0 Å². The molecule has 0 spiro atoms. The van der Waals surface area contributed by atoms with Crippen molar-refractivity contribution in [3.8, 4) is 11.5 Å². The molecule has 0 amide bonds. The van der Waals surface area contributed by atoms with Crippen molar-refractivity contribution in [1.82, 2.24) is 0 Å². The second-order valence-corrected chi connectivity index (χ2v) is 2.75. The molecule has 1 aromatic rings. The predicted molar refractivity (Wildman–Crippen MR) is 58.1 cm³/mol. The molecule has 0 saturated carbocycles. The fraction of sp³-hybridized carbons (Fsp3) is 0.182. The standard InChI is InChI=1S/C11H13NO3/c1-3-6-15-10-5-4-9(8-12-13)7-11(10)14-2/h3-5,7-8,13H,1,6H2,2H3/b12-8+. The fourth-order valence-corrected chi connectivity index (χ4v) is 1.10. The van der Waals surface area contributed by atoms with Gasteiger partial charge in [-0.1, -0.05) is 17.8 Å². The van der Waals surface area contributed by atoms with Crippen LogP contribution in [-0.4, -0.2) is 25.1 Å². The van der Waals surface area contributed by atoms with Gasteiger partial charge in [-0.25, -0.2) is 0 Å². The Labute approximate surface area is 88.4 Å². The zero-order valence-electron chi connectivity index (χ0n) is 8.51. The first-order valence-electron chi connectivity index (χ1n) is 4.41. The van der Waals surface area contributed by atoms with Crippen molar-refractivity contribution in [2.24, 2.45) is 5.16 Å². The summed E-state index contributed by atoms with van der Waals surface area (Å²) in [7, 11) is 1.55. The van der Waals surface area contributed by atoms with Gasteiger partial charge in [-0.2, -0.15) is 0 Å². The molecule has 1 rings (SSSR count). The molecule has 0 heterocycles. The Balaban J connectivity index is 2.92. The van der Waals surface area contributed by atoms with Gasteiger partial charge in [-0.15, -0.1) is 0 Å². The molecule has 0 aliphatic heterocycles. The van der Waals surface area contributed by atoms with Gasteiger partial charge in [0.1, 0.15) is 6.61 Å². The summed E-state index contributed by atoms with van der Waals surface area (Å²) >= 11 is 0. The van der Waals surface area contributed by atoms with Crippen molar-refractivity contribution in [2.45, 2.75) is 0 Å². The topological polar surface area (TPSA) is 51.0 Å². The van der Waals surface area contributed by atoms with Crippen LogP contribution < -0.4 is 9.47 Å². The van der Waals surface area contributed by atoms with E-state index in [-0.39, 0.29) is 0 Å². The molecular weight excluding hydrogens is 194 g/mol. The predicted octanol–water partition coefficient (Wildman–Crippen LogP) is 2.07. The van der Waals surface area contributed by atoms with Crippen molar-refractivity contribution in [3.05, 3.63) is 36.4 Å². The Morgan fingerprint density at radius 1 is 1.47 bits per heavy atom. The van der Waals surface area contributed by atoms with E-state index >= 15 is 0 Å². The summed E-state index contributed by atoms with van der Waals surface area (Å²) in [6.07, 6.45) is 2.97. The average Bonchev–Trinajstić information content (AvgIpc) is 2.27. The minimum absolute atomic E-state index is 0.420. The Morgan fingerprint density at radius 3 is 2.87 bits per heavy atom. The first kappa shape index (κ1) is 11.1. The lowest BCUT2D eigenvalue weighted by Crippen LogP contribution is -1.97. The summed E-state index contributed by atoms with van der Waals surface area (Å²) in [6.45, 7) is 3.98. The monoisotopic (exact) mass is 207 g/mol. The van der Waals surface area contributed by atoms with Gasteiger partial charge in [0.25, 0.3) is 0 Å². The summed E-state index contributed by atoms with van der Waals surface area (Å²) in [5, 5.41) is 11.3. The number of hydrogen-bond acceptors (Lipinski definition) is 4. The third-order valence-corrected chi connectivity index (χ3v) is 1.75. The van der Waals surface area contributed by atoms with E-state index in [4.69, 9.17) is 14.7 Å². The first-order valence-corrected chi connectivity index (χ1v) is 4.41. The number of methoxy groups -OCH3 is 1. The molecular formula is C11H13NO3. The summed E-state index contributed by atoms with van der Waals surface area (Å²) < 4.78 is 10.5. The lowest BCUT2D eigenvalue weighted by Gasteiger charge is -2.09. The molecule has 0 fully saturated rings. The Bertz CT molecular complexity index is 361. The van der Waals surface area contributed by atoms with Gasteiger partial charge < -0.3 is 14.7 Å². The zero-order valence-corrected chi connectivity index (χ0v) is 8.51. The smallest absolute Gasteiger partial charge is 0.161 e. The molecule has 0 aliphatic carbocycles. The van der Waals surface area contributed by atoms with E-state index in [2.05, 4.69) is 11.7 Å². The molecule has 0 atom stereocenters. The van der Waals surface area contributed by atoms with Crippen molar-refractivity contribution in [2.75, 3.05) is 13.7 Å². The van der Waals surface area contributed by atoms with Crippen LogP contribution in [0.25, 0.3) is 0 Å². The van der Waals surface area contributed by atoms with Crippen LogP contribution in [-0.2, 0) is 0 Å². The lowest BCUT2D eigenvalue weighted by molar-refractivity contribution is 0.321. The Morgan fingerprint density at radius 2 is 2.27 bits per heavy atom. The minimum Gasteiger partial charge on any atom is -0.493 e. The van der Waals surface area contributed by atoms with Crippen LogP contribution in [0.2, 0.25) is 0 Å². The van der Waals surface area contributed by atoms with E-state index < -0.39 is 0 Å². The molecule has 1 N–H and O–H groups in total. The van der Waals surface area contributed by atoms with E-state index in [0.29, 0.717) is 18.1 Å². The van der Waals surface area contributed by atoms with Gasteiger partial charge in [0.05, 0.1) is 13.3 Å². The minimum atomic E-state index is 0.420. The highest BCUT2D eigenvalue weighted by Gasteiger charge is 2.03. The maximum Gasteiger partial charge on any atom is 0.161 e. The zero-order chi connectivity index (χ0) is 11.1. The van der Waals surface area contributed by atoms with Crippen LogP contribution in [0.5, 0.6) is 11.5 Å². The molecule has 0 aliphatic rings. The normalized spacial score (nSPS) is 10.2. The molecule has 0 aromatic heterocycles. The van der Waals surface area contributed by atoms with Crippen molar-refractivity contribution >= 4 is 6.21 Å². The molecule has 0 unspecified atom stereocenters. The van der Waals surface area contributed by atoms with E-state index in [9.17, 15) is 0 Å². The summed E-state index contributed by atoms with van der Waals surface area (Å²) in [5.74, 6) is 1.22. The third kappa shape index (κ3) is 3.02. The van der Waals surface area contributed by atoms with Crippen LogP contribution in [0.15, 0.2) is 36.0 Å². The number of ether oxygens (including phenoxy) is 2. The summed E-state index contributed by atoms with van der Waals surface area (Å²) in [5.41, 5.74) is 0.736. The van der Waals surface area contributed by atoms with Gasteiger partial charge in [-0.3, -0.25) is 0 Å². The largest absolute Gasteiger partial charge is 0.493 e. The van der Waals surface area contributed by atoms with Gasteiger partial charge in [-0.05, 0) is 18.2 Å². The third-order valence-electron chi connectivity index (χ3n) is 1.75. The van der Waals surface area contributed by atoms with Gasteiger partial charge in [0.2, 0.25) is 0 Å². The molecule has 1 aromatic carbocycles. The number of benzene rings is 1. The summed E-state index contributed by atoms with van der Waals surface area (Å²) in [4.78, 5) is 0. The van der Waals surface area contributed by atoms with E-state index in [1.54, 1.807) is 31.4 Å². The van der Waals surface area contributed by atoms with Crippen molar-refractivity contribution < 1.29 is 14.7 Å². The summed E-state index contributed by atoms with van der Waals surface area (Å²) in [6, 6.07) is 5.23. The van der Waals surface area contributed by atoms with Crippen molar-refractivity contribution in [3.63, 3.8) is 0 Å². The molecule has 4 nitrogen and oxygen atoms in total. The SMILES string of the molecule is C=CCOc1ccc(/C=N/O)cc1OC. The second-order valence-electron chi connectivity index (χ2n) is 2.75.